The molecule has 29 heavy (non-hydrogen) atoms. The molecule has 2 atom stereocenters. The molecule has 1 heterocycles. The van der Waals surface area contributed by atoms with Crippen molar-refractivity contribution in [1.29, 1.82) is 0 Å². The van der Waals surface area contributed by atoms with Crippen molar-refractivity contribution >= 4 is 35.1 Å². The quantitative estimate of drug-likeness (QED) is 0.676. The van der Waals surface area contributed by atoms with Gasteiger partial charge in [-0.25, -0.2) is 4.79 Å². The predicted molar refractivity (Wildman–Crippen MR) is 109 cm³/mol. The molecule has 1 saturated heterocycles. The molecule has 3 rings (SSSR count). The van der Waals surface area contributed by atoms with Crippen LogP contribution in [-0.4, -0.2) is 40.7 Å². The van der Waals surface area contributed by atoms with Gasteiger partial charge in [0.25, 0.3) is 5.91 Å². The number of carbonyl (C=O) groups is 4. The van der Waals surface area contributed by atoms with Crippen LogP contribution < -0.4 is 16.0 Å². The van der Waals surface area contributed by atoms with E-state index < -0.39 is 17.5 Å². The second kappa shape index (κ2) is 7.50. The molecule has 1 aromatic carbocycles. The molecule has 0 bridgehead atoms. The second-order valence-electron chi connectivity index (χ2n) is 9.06. The molecule has 156 valence electrons. The van der Waals surface area contributed by atoms with E-state index in [1.807, 2.05) is 0 Å². The smallest absolute Gasteiger partial charge is 0.325 e. The first-order chi connectivity index (χ1) is 13.5. The largest absolute Gasteiger partial charge is 0.326 e. The maximum atomic E-state index is 13.1. The summed E-state index contributed by atoms with van der Waals surface area (Å²) < 4.78 is 0. The van der Waals surface area contributed by atoms with Gasteiger partial charge in [0.1, 0.15) is 12.1 Å². The third-order valence-corrected chi connectivity index (χ3v) is 5.41. The topological polar surface area (TPSA) is 108 Å². The van der Waals surface area contributed by atoms with Gasteiger partial charge in [-0.05, 0) is 54.9 Å². The first kappa shape index (κ1) is 20.8. The lowest BCUT2D eigenvalue weighted by Gasteiger charge is -2.43. The van der Waals surface area contributed by atoms with Crippen molar-refractivity contribution in [2.45, 2.75) is 52.5 Å². The molecular formula is C21H28N4O4. The standard InChI is InChI=1S/C21H28N4O4/c1-13-9-20(3,4)12-21(10-13)18(28)25(19(29)24-21)11-17(27)23-16-7-5-15(6-8-16)22-14(2)26/h5-8,13H,9-12H2,1-4H3,(H,22,26)(H,23,27)(H,24,29). The van der Waals surface area contributed by atoms with Gasteiger partial charge >= 0.3 is 6.03 Å². The van der Waals surface area contributed by atoms with Gasteiger partial charge in [0.2, 0.25) is 11.8 Å². The second-order valence-corrected chi connectivity index (χ2v) is 9.06. The van der Waals surface area contributed by atoms with Crippen LogP contribution in [0.15, 0.2) is 24.3 Å². The van der Waals surface area contributed by atoms with Crippen molar-refractivity contribution in [3.63, 3.8) is 0 Å². The van der Waals surface area contributed by atoms with E-state index in [1.165, 1.54) is 6.92 Å². The van der Waals surface area contributed by atoms with Crippen molar-refractivity contribution in [1.82, 2.24) is 10.2 Å². The van der Waals surface area contributed by atoms with E-state index in [2.05, 4.69) is 36.7 Å². The highest BCUT2D eigenvalue weighted by atomic mass is 16.2. The van der Waals surface area contributed by atoms with Crippen LogP contribution in [0.2, 0.25) is 0 Å². The summed E-state index contributed by atoms with van der Waals surface area (Å²) in [5.41, 5.74) is 0.145. The van der Waals surface area contributed by atoms with Gasteiger partial charge in [-0.2, -0.15) is 0 Å². The minimum Gasteiger partial charge on any atom is -0.326 e. The molecular weight excluding hydrogens is 372 g/mol. The summed E-state index contributed by atoms with van der Waals surface area (Å²) in [6.07, 6.45) is 2.15. The summed E-state index contributed by atoms with van der Waals surface area (Å²) in [5, 5.41) is 8.19. The highest BCUT2D eigenvalue weighted by molar-refractivity contribution is 6.10. The highest BCUT2D eigenvalue weighted by Gasteiger charge is 2.56. The molecule has 1 saturated carbocycles. The van der Waals surface area contributed by atoms with Crippen LogP contribution in [0.4, 0.5) is 16.2 Å². The van der Waals surface area contributed by atoms with Crippen molar-refractivity contribution in [3.05, 3.63) is 24.3 Å². The molecule has 2 aliphatic rings. The van der Waals surface area contributed by atoms with E-state index in [9.17, 15) is 19.2 Å². The van der Waals surface area contributed by atoms with Gasteiger partial charge in [-0.1, -0.05) is 20.8 Å². The first-order valence-electron chi connectivity index (χ1n) is 9.81. The summed E-state index contributed by atoms with van der Waals surface area (Å²) in [5.74, 6) is -0.660. The van der Waals surface area contributed by atoms with Crippen molar-refractivity contribution in [2.24, 2.45) is 11.3 Å². The number of rotatable bonds is 4. The number of hydrogen-bond donors (Lipinski definition) is 3. The molecule has 1 aromatic rings. The molecule has 0 aromatic heterocycles. The fourth-order valence-electron chi connectivity index (χ4n) is 4.83. The number of carbonyl (C=O) groups excluding carboxylic acids is 4. The van der Waals surface area contributed by atoms with Crippen LogP contribution in [0.5, 0.6) is 0 Å². The lowest BCUT2D eigenvalue weighted by atomic mass is 9.64. The van der Waals surface area contributed by atoms with Crippen molar-refractivity contribution in [3.8, 4) is 0 Å². The Labute approximate surface area is 170 Å². The summed E-state index contributed by atoms with van der Waals surface area (Å²) in [6.45, 7) is 7.36. The Hall–Kier alpha value is -2.90. The first-order valence-corrected chi connectivity index (χ1v) is 9.81. The summed E-state index contributed by atoms with van der Waals surface area (Å²) in [7, 11) is 0. The summed E-state index contributed by atoms with van der Waals surface area (Å²) in [6, 6.07) is 6.08. The van der Waals surface area contributed by atoms with E-state index in [0.717, 1.165) is 11.3 Å². The Balaban J connectivity index is 1.65. The monoisotopic (exact) mass is 400 g/mol. The number of hydrogen-bond acceptors (Lipinski definition) is 4. The number of imide groups is 1. The molecule has 8 nitrogen and oxygen atoms in total. The molecule has 2 unspecified atom stereocenters. The van der Waals surface area contributed by atoms with E-state index >= 15 is 0 Å². The van der Waals surface area contributed by atoms with E-state index in [4.69, 9.17) is 0 Å². The van der Waals surface area contributed by atoms with Crippen LogP contribution in [0, 0.1) is 11.3 Å². The lowest BCUT2D eigenvalue weighted by Crippen LogP contribution is -2.54. The number of benzene rings is 1. The van der Waals surface area contributed by atoms with Gasteiger partial charge in [-0.15, -0.1) is 0 Å². The normalized spacial score (nSPS) is 25.7. The van der Waals surface area contributed by atoms with E-state index in [1.54, 1.807) is 24.3 Å². The number of nitrogens with one attached hydrogen (secondary N) is 3. The Morgan fingerprint density at radius 2 is 1.69 bits per heavy atom. The Morgan fingerprint density at radius 1 is 1.10 bits per heavy atom. The van der Waals surface area contributed by atoms with Crippen molar-refractivity contribution < 1.29 is 19.2 Å². The third kappa shape index (κ3) is 4.58. The molecule has 1 aliphatic carbocycles. The van der Waals surface area contributed by atoms with Crippen LogP contribution >= 0.6 is 0 Å². The molecule has 0 radical (unpaired) electrons. The zero-order valence-electron chi connectivity index (χ0n) is 17.3. The average Bonchev–Trinajstić information content (AvgIpc) is 2.78. The van der Waals surface area contributed by atoms with Crippen LogP contribution in [-0.2, 0) is 14.4 Å². The highest BCUT2D eigenvalue weighted by Crippen LogP contribution is 2.46. The number of anilines is 2. The van der Waals surface area contributed by atoms with Gasteiger partial charge in [0.05, 0.1) is 0 Å². The SMILES string of the molecule is CC(=O)Nc1ccc(NC(=O)CN2C(=O)NC3(CC(C)CC(C)(C)C3)C2=O)cc1. The summed E-state index contributed by atoms with van der Waals surface area (Å²) >= 11 is 0. The zero-order chi connectivity index (χ0) is 21.4. The van der Waals surface area contributed by atoms with Crippen molar-refractivity contribution in [2.75, 3.05) is 17.2 Å². The molecule has 5 amide bonds. The molecule has 2 fully saturated rings. The Morgan fingerprint density at radius 3 is 2.24 bits per heavy atom. The van der Waals surface area contributed by atoms with Gasteiger partial charge in [0.15, 0.2) is 0 Å². The summed E-state index contributed by atoms with van der Waals surface area (Å²) in [4.78, 5) is 50.1. The maximum Gasteiger partial charge on any atom is 0.325 e. The predicted octanol–water partition coefficient (Wildman–Crippen LogP) is 2.72. The molecule has 1 aliphatic heterocycles. The van der Waals surface area contributed by atoms with Crippen LogP contribution in [0.25, 0.3) is 0 Å². The molecule has 3 N–H and O–H groups in total. The number of urea groups is 1. The number of amides is 5. The van der Waals surface area contributed by atoms with Crippen LogP contribution in [0.1, 0.15) is 47.0 Å². The van der Waals surface area contributed by atoms with Gasteiger partial charge in [0, 0.05) is 18.3 Å². The lowest BCUT2D eigenvalue weighted by molar-refractivity contribution is -0.136. The minimum atomic E-state index is -0.918. The molecule has 1 spiro atoms. The average molecular weight is 400 g/mol. The fraction of sp³-hybridized carbons (Fsp3) is 0.524. The molecule has 8 heteroatoms. The third-order valence-electron chi connectivity index (χ3n) is 5.41. The van der Waals surface area contributed by atoms with E-state index in [-0.39, 0.29) is 23.8 Å². The minimum absolute atomic E-state index is 0.0610. The fourth-order valence-corrected chi connectivity index (χ4v) is 4.83. The zero-order valence-corrected chi connectivity index (χ0v) is 17.3. The maximum absolute atomic E-state index is 13.1. The van der Waals surface area contributed by atoms with E-state index in [0.29, 0.717) is 30.1 Å². The van der Waals surface area contributed by atoms with Crippen LogP contribution in [0.3, 0.4) is 0 Å². The van der Waals surface area contributed by atoms with Gasteiger partial charge < -0.3 is 16.0 Å². The number of nitrogens with zero attached hydrogens (tertiary/aromatic N) is 1. The van der Waals surface area contributed by atoms with Gasteiger partial charge in [-0.3, -0.25) is 19.3 Å². The Kier molecular flexibility index (Phi) is 5.38. The Bertz CT molecular complexity index is 849.